The SMILES string of the molecule is CCN(CC)Cc1ccc2oc(Nc3nc4cc(F)ccc4o3)nc2c1. The van der Waals surface area contributed by atoms with E-state index in [0.29, 0.717) is 16.7 Å². The predicted molar refractivity (Wildman–Crippen MR) is 97.9 cm³/mol. The molecule has 0 aliphatic heterocycles. The fourth-order valence-electron chi connectivity index (χ4n) is 2.88. The molecule has 0 amide bonds. The summed E-state index contributed by atoms with van der Waals surface area (Å²) in [5, 5.41) is 2.90. The standard InChI is InChI=1S/C19H19FN4O2/c1-3-24(4-2)11-12-5-7-16-14(9-12)21-18(25-16)23-19-22-15-10-13(20)6-8-17(15)26-19/h5-10H,3-4,11H2,1-2H3,(H,21,22,23). The Labute approximate surface area is 149 Å². The molecule has 134 valence electrons. The smallest absolute Gasteiger partial charge is 0.303 e. The summed E-state index contributed by atoms with van der Waals surface area (Å²) in [4.78, 5) is 11.0. The second-order valence-corrected chi connectivity index (χ2v) is 6.04. The van der Waals surface area contributed by atoms with E-state index in [9.17, 15) is 4.39 Å². The largest absolute Gasteiger partial charge is 0.423 e. The minimum Gasteiger partial charge on any atom is -0.423 e. The highest BCUT2D eigenvalue weighted by Crippen LogP contribution is 2.25. The Hall–Kier alpha value is -2.93. The molecule has 0 spiro atoms. The molecular formula is C19H19FN4O2. The van der Waals surface area contributed by atoms with Crippen molar-refractivity contribution in [2.24, 2.45) is 0 Å². The molecule has 4 rings (SSSR count). The zero-order valence-corrected chi connectivity index (χ0v) is 14.6. The number of hydrogen-bond donors (Lipinski definition) is 1. The summed E-state index contributed by atoms with van der Waals surface area (Å²) in [6.45, 7) is 7.16. The third-order valence-corrected chi connectivity index (χ3v) is 4.32. The first-order chi connectivity index (χ1) is 12.6. The van der Waals surface area contributed by atoms with Crippen LogP contribution in [-0.4, -0.2) is 28.0 Å². The number of rotatable bonds is 6. The van der Waals surface area contributed by atoms with Crippen LogP contribution in [0.3, 0.4) is 0 Å². The van der Waals surface area contributed by atoms with Gasteiger partial charge in [-0.1, -0.05) is 19.9 Å². The highest BCUT2D eigenvalue weighted by molar-refractivity contribution is 5.77. The first kappa shape index (κ1) is 16.5. The molecule has 0 aliphatic carbocycles. The van der Waals surface area contributed by atoms with E-state index >= 15 is 0 Å². The normalized spacial score (nSPS) is 11.7. The van der Waals surface area contributed by atoms with Crippen molar-refractivity contribution in [3.05, 3.63) is 47.8 Å². The molecule has 0 saturated carbocycles. The van der Waals surface area contributed by atoms with Crippen LogP contribution in [0.4, 0.5) is 16.4 Å². The van der Waals surface area contributed by atoms with Gasteiger partial charge in [0.15, 0.2) is 11.2 Å². The lowest BCUT2D eigenvalue weighted by molar-refractivity contribution is 0.296. The zero-order valence-electron chi connectivity index (χ0n) is 14.6. The van der Waals surface area contributed by atoms with Crippen LogP contribution in [0.2, 0.25) is 0 Å². The molecule has 0 atom stereocenters. The van der Waals surface area contributed by atoms with Crippen LogP contribution in [0, 0.1) is 5.82 Å². The molecule has 2 heterocycles. The molecule has 0 radical (unpaired) electrons. The van der Waals surface area contributed by atoms with Crippen LogP contribution in [-0.2, 0) is 6.54 Å². The molecule has 0 unspecified atom stereocenters. The Bertz CT molecular complexity index is 1050. The minimum atomic E-state index is -0.361. The summed E-state index contributed by atoms with van der Waals surface area (Å²) < 4.78 is 24.5. The number of fused-ring (bicyclic) bond motifs is 2. The first-order valence-corrected chi connectivity index (χ1v) is 8.59. The number of nitrogens with one attached hydrogen (secondary N) is 1. The van der Waals surface area contributed by atoms with E-state index in [4.69, 9.17) is 8.83 Å². The lowest BCUT2D eigenvalue weighted by Gasteiger charge is -2.17. The molecule has 26 heavy (non-hydrogen) atoms. The number of benzene rings is 2. The van der Waals surface area contributed by atoms with Gasteiger partial charge in [-0.15, -0.1) is 0 Å². The quantitative estimate of drug-likeness (QED) is 0.542. The molecule has 2 aromatic carbocycles. The Morgan fingerprint density at radius 2 is 1.54 bits per heavy atom. The third kappa shape index (κ3) is 3.25. The van der Waals surface area contributed by atoms with Crippen LogP contribution >= 0.6 is 0 Å². The lowest BCUT2D eigenvalue weighted by atomic mass is 10.2. The van der Waals surface area contributed by atoms with Crippen molar-refractivity contribution in [1.29, 1.82) is 0 Å². The number of halogens is 1. The molecular weight excluding hydrogens is 335 g/mol. The van der Waals surface area contributed by atoms with E-state index in [-0.39, 0.29) is 17.8 Å². The molecule has 0 bridgehead atoms. The van der Waals surface area contributed by atoms with Gasteiger partial charge in [0.1, 0.15) is 16.9 Å². The van der Waals surface area contributed by atoms with E-state index in [0.717, 1.165) is 25.2 Å². The van der Waals surface area contributed by atoms with Crippen LogP contribution in [0.5, 0.6) is 0 Å². The summed E-state index contributed by atoms with van der Waals surface area (Å²) in [7, 11) is 0. The lowest BCUT2D eigenvalue weighted by Crippen LogP contribution is -2.21. The minimum absolute atomic E-state index is 0.209. The maximum Gasteiger partial charge on any atom is 0.303 e. The molecule has 0 aliphatic rings. The predicted octanol–water partition coefficient (Wildman–Crippen LogP) is 4.69. The molecule has 7 heteroatoms. The zero-order chi connectivity index (χ0) is 18.1. The average Bonchev–Trinajstić information content (AvgIpc) is 3.21. The Morgan fingerprint density at radius 1 is 0.923 bits per heavy atom. The number of oxazole rings is 2. The third-order valence-electron chi connectivity index (χ3n) is 4.32. The average molecular weight is 354 g/mol. The van der Waals surface area contributed by atoms with E-state index in [1.165, 1.54) is 23.8 Å². The fourth-order valence-corrected chi connectivity index (χ4v) is 2.88. The summed E-state index contributed by atoms with van der Waals surface area (Å²) in [6, 6.07) is 10.6. The van der Waals surface area contributed by atoms with Crippen molar-refractivity contribution in [3.8, 4) is 0 Å². The monoisotopic (exact) mass is 354 g/mol. The van der Waals surface area contributed by atoms with Crippen LogP contribution in [0.15, 0.2) is 45.2 Å². The highest BCUT2D eigenvalue weighted by Gasteiger charge is 2.12. The highest BCUT2D eigenvalue weighted by atomic mass is 19.1. The van der Waals surface area contributed by atoms with E-state index in [2.05, 4.69) is 34.0 Å². The molecule has 0 saturated heterocycles. The Morgan fingerprint density at radius 3 is 2.19 bits per heavy atom. The Kier molecular flexibility index (Phi) is 4.30. The summed E-state index contributed by atoms with van der Waals surface area (Å²) in [5.74, 6) is -0.361. The van der Waals surface area contributed by atoms with Gasteiger partial charge in [0.2, 0.25) is 0 Å². The number of anilines is 2. The van der Waals surface area contributed by atoms with E-state index in [1.807, 2.05) is 18.2 Å². The second-order valence-electron chi connectivity index (χ2n) is 6.04. The fraction of sp³-hybridized carbons (Fsp3) is 0.263. The van der Waals surface area contributed by atoms with Gasteiger partial charge in [-0.25, -0.2) is 4.39 Å². The van der Waals surface area contributed by atoms with Crippen molar-refractivity contribution in [2.45, 2.75) is 20.4 Å². The van der Waals surface area contributed by atoms with Gasteiger partial charge in [-0.2, -0.15) is 9.97 Å². The molecule has 6 nitrogen and oxygen atoms in total. The van der Waals surface area contributed by atoms with Crippen molar-refractivity contribution >= 4 is 34.2 Å². The van der Waals surface area contributed by atoms with Gasteiger partial charge >= 0.3 is 12.0 Å². The molecule has 1 N–H and O–H groups in total. The van der Waals surface area contributed by atoms with Crippen LogP contribution < -0.4 is 5.32 Å². The summed E-state index contributed by atoms with van der Waals surface area (Å²) in [6.07, 6.45) is 0. The maximum atomic E-state index is 13.3. The topological polar surface area (TPSA) is 67.3 Å². The molecule has 2 aromatic heterocycles. The van der Waals surface area contributed by atoms with E-state index in [1.54, 1.807) is 0 Å². The van der Waals surface area contributed by atoms with Gasteiger partial charge < -0.3 is 8.83 Å². The van der Waals surface area contributed by atoms with Crippen LogP contribution in [0.1, 0.15) is 19.4 Å². The van der Waals surface area contributed by atoms with Gasteiger partial charge in [-0.3, -0.25) is 10.2 Å². The van der Waals surface area contributed by atoms with Gasteiger partial charge in [0, 0.05) is 12.6 Å². The van der Waals surface area contributed by atoms with Crippen LogP contribution in [0.25, 0.3) is 22.2 Å². The van der Waals surface area contributed by atoms with Crippen molar-refractivity contribution in [1.82, 2.24) is 14.9 Å². The Balaban J connectivity index is 1.58. The van der Waals surface area contributed by atoms with Gasteiger partial charge in [0.05, 0.1) is 0 Å². The number of nitrogens with zero attached hydrogens (tertiary/aromatic N) is 3. The molecule has 4 aromatic rings. The van der Waals surface area contributed by atoms with E-state index < -0.39 is 0 Å². The van der Waals surface area contributed by atoms with Gasteiger partial charge in [0.25, 0.3) is 0 Å². The van der Waals surface area contributed by atoms with Crippen molar-refractivity contribution in [3.63, 3.8) is 0 Å². The second kappa shape index (κ2) is 6.76. The molecule has 0 fully saturated rings. The van der Waals surface area contributed by atoms with Gasteiger partial charge in [-0.05, 0) is 42.9 Å². The van der Waals surface area contributed by atoms with Crippen molar-refractivity contribution in [2.75, 3.05) is 18.4 Å². The van der Waals surface area contributed by atoms with Crippen molar-refractivity contribution < 1.29 is 13.2 Å². The first-order valence-electron chi connectivity index (χ1n) is 8.59. The number of hydrogen-bond acceptors (Lipinski definition) is 6. The summed E-state index contributed by atoms with van der Waals surface area (Å²) in [5.41, 5.74) is 3.55. The number of aromatic nitrogens is 2. The maximum absolute atomic E-state index is 13.3. The summed E-state index contributed by atoms with van der Waals surface area (Å²) >= 11 is 0.